The summed E-state index contributed by atoms with van der Waals surface area (Å²) in [4.78, 5) is 13.1. The Morgan fingerprint density at radius 3 is 2.80 bits per heavy atom. The molecule has 1 fully saturated rings. The molecule has 2 rings (SSSR count). The topological polar surface area (TPSA) is 29.1 Å². The Labute approximate surface area is 94.7 Å². The van der Waals surface area contributed by atoms with E-state index in [-0.39, 0.29) is 11.3 Å². The van der Waals surface area contributed by atoms with Gasteiger partial charge in [-0.1, -0.05) is 26.8 Å². The highest BCUT2D eigenvalue weighted by Gasteiger charge is 2.41. The Kier molecular flexibility index (Phi) is 2.59. The summed E-state index contributed by atoms with van der Waals surface area (Å²) in [5, 5.41) is 5.19. The van der Waals surface area contributed by atoms with E-state index < -0.39 is 0 Å². The number of nitrogens with one attached hydrogen (secondary N) is 1. The fourth-order valence-corrected chi connectivity index (χ4v) is 2.46. The van der Waals surface area contributed by atoms with E-state index in [1.165, 1.54) is 4.88 Å². The van der Waals surface area contributed by atoms with E-state index in [0.29, 0.717) is 12.0 Å². The third-order valence-electron chi connectivity index (χ3n) is 2.70. The molecule has 1 amide bonds. The first-order valence-corrected chi connectivity index (χ1v) is 6.21. The molecule has 3 heteroatoms. The minimum absolute atomic E-state index is 0.159. The first kappa shape index (κ1) is 10.7. The van der Waals surface area contributed by atoms with Crippen LogP contribution in [-0.4, -0.2) is 11.9 Å². The molecular weight excluding hydrogens is 206 g/mol. The normalized spacial score (nSPS) is 25.0. The monoisotopic (exact) mass is 223 g/mol. The Bertz CT molecular complexity index is 350. The van der Waals surface area contributed by atoms with Gasteiger partial charge in [0.15, 0.2) is 0 Å². The molecule has 1 aromatic rings. The average Bonchev–Trinajstić information content (AvgIpc) is 2.70. The third-order valence-corrected chi connectivity index (χ3v) is 3.70. The lowest BCUT2D eigenvalue weighted by atomic mass is 9.96. The zero-order valence-corrected chi connectivity index (χ0v) is 10.2. The molecule has 1 aliphatic rings. The van der Waals surface area contributed by atoms with Crippen LogP contribution in [0.1, 0.15) is 38.0 Å². The van der Waals surface area contributed by atoms with Crippen molar-refractivity contribution in [3.05, 3.63) is 22.4 Å². The fraction of sp³-hybridized carbons (Fsp3) is 0.583. The maximum atomic E-state index is 11.7. The van der Waals surface area contributed by atoms with Crippen molar-refractivity contribution in [2.45, 2.75) is 39.2 Å². The molecule has 0 saturated heterocycles. The fourth-order valence-electron chi connectivity index (χ4n) is 1.56. The van der Waals surface area contributed by atoms with Crippen LogP contribution in [0.3, 0.4) is 0 Å². The number of carbonyl (C=O) groups is 1. The molecular formula is C12H17NOS. The lowest BCUT2D eigenvalue weighted by molar-refractivity contribution is -0.128. The Hall–Kier alpha value is -0.830. The van der Waals surface area contributed by atoms with Crippen molar-refractivity contribution in [3.63, 3.8) is 0 Å². The maximum absolute atomic E-state index is 11.7. The predicted octanol–water partition coefficient (Wildman–Crippen LogP) is 2.77. The van der Waals surface area contributed by atoms with Gasteiger partial charge in [0.2, 0.25) is 5.91 Å². The summed E-state index contributed by atoms with van der Waals surface area (Å²) in [6.07, 6.45) is 1.10. The second kappa shape index (κ2) is 3.63. The summed E-state index contributed by atoms with van der Waals surface area (Å²) in [5.74, 6) is 0.725. The van der Waals surface area contributed by atoms with Gasteiger partial charge in [-0.3, -0.25) is 4.79 Å². The minimum atomic E-state index is -0.275. The van der Waals surface area contributed by atoms with Crippen LogP contribution in [0.15, 0.2) is 17.5 Å². The predicted molar refractivity (Wildman–Crippen MR) is 63.1 cm³/mol. The number of hydrogen-bond acceptors (Lipinski definition) is 2. The second-order valence-corrected chi connectivity index (χ2v) is 6.17. The van der Waals surface area contributed by atoms with Gasteiger partial charge in [0.05, 0.1) is 0 Å². The van der Waals surface area contributed by atoms with Crippen LogP contribution in [0.25, 0.3) is 0 Å². The van der Waals surface area contributed by atoms with Gasteiger partial charge in [0.1, 0.15) is 0 Å². The van der Waals surface area contributed by atoms with Gasteiger partial charge >= 0.3 is 0 Å². The lowest BCUT2D eigenvalue weighted by Gasteiger charge is -2.17. The van der Waals surface area contributed by atoms with Gasteiger partial charge in [-0.05, 0) is 17.9 Å². The Morgan fingerprint density at radius 1 is 1.53 bits per heavy atom. The lowest BCUT2D eigenvalue weighted by Crippen LogP contribution is -2.36. The van der Waals surface area contributed by atoms with Crippen LogP contribution in [-0.2, 0) is 4.79 Å². The van der Waals surface area contributed by atoms with Crippen molar-refractivity contribution in [2.24, 2.45) is 5.41 Å². The summed E-state index contributed by atoms with van der Waals surface area (Å²) in [6.45, 7) is 5.85. The van der Waals surface area contributed by atoms with Crippen molar-refractivity contribution in [2.75, 3.05) is 0 Å². The minimum Gasteiger partial charge on any atom is -0.352 e. The Balaban J connectivity index is 1.88. The molecule has 0 spiro atoms. The quantitative estimate of drug-likeness (QED) is 0.820. The molecule has 2 unspecified atom stereocenters. The first-order valence-electron chi connectivity index (χ1n) is 5.33. The van der Waals surface area contributed by atoms with Gasteiger partial charge in [0, 0.05) is 22.3 Å². The largest absolute Gasteiger partial charge is 0.352 e. The van der Waals surface area contributed by atoms with Gasteiger partial charge in [0.25, 0.3) is 0 Å². The number of rotatable bonds is 2. The molecule has 1 heterocycles. The third kappa shape index (κ3) is 2.40. The summed E-state index contributed by atoms with van der Waals surface area (Å²) >= 11 is 1.78. The number of thiophene rings is 1. The zero-order chi connectivity index (χ0) is 11.1. The molecule has 2 nitrogen and oxygen atoms in total. The first-order chi connectivity index (χ1) is 6.98. The van der Waals surface area contributed by atoms with Crippen LogP contribution in [0.2, 0.25) is 0 Å². The molecule has 0 aromatic carbocycles. The molecule has 15 heavy (non-hydrogen) atoms. The van der Waals surface area contributed by atoms with Crippen molar-refractivity contribution in [1.29, 1.82) is 0 Å². The van der Waals surface area contributed by atoms with E-state index in [2.05, 4.69) is 22.8 Å². The van der Waals surface area contributed by atoms with Crippen LogP contribution >= 0.6 is 11.3 Å². The molecule has 0 aliphatic heterocycles. The van der Waals surface area contributed by atoms with Crippen LogP contribution in [0, 0.1) is 5.41 Å². The number of amides is 1. The molecule has 0 bridgehead atoms. The van der Waals surface area contributed by atoms with Crippen molar-refractivity contribution >= 4 is 17.2 Å². The maximum Gasteiger partial charge on any atom is 0.225 e. The van der Waals surface area contributed by atoms with E-state index in [1.54, 1.807) is 11.3 Å². The van der Waals surface area contributed by atoms with Crippen LogP contribution in [0.4, 0.5) is 0 Å². The van der Waals surface area contributed by atoms with Crippen molar-refractivity contribution in [3.8, 4) is 0 Å². The second-order valence-electron chi connectivity index (χ2n) is 5.19. The SMILES string of the molecule is CC(C)(C)C(=O)NC1CC1c1cccs1. The van der Waals surface area contributed by atoms with E-state index in [0.717, 1.165) is 6.42 Å². The van der Waals surface area contributed by atoms with Crippen molar-refractivity contribution in [1.82, 2.24) is 5.32 Å². The van der Waals surface area contributed by atoms with Gasteiger partial charge in [-0.2, -0.15) is 0 Å². The van der Waals surface area contributed by atoms with Crippen LogP contribution in [0.5, 0.6) is 0 Å². The number of hydrogen-bond donors (Lipinski definition) is 1. The van der Waals surface area contributed by atoms with E-state index in [9.17, 15) is 4.79 Å². The summed E-state index contributed by atoms with van der Waals surface area (Å²) in [5.41, 5.74) is -0.275. The standard InChI is InChI=1S/C12H17NOS/c1-12(2,3)11(14)13-9-7-8(9)10-5-4-6-15-10/h4-6,8-9H,7H2,1-3H3,(H,13,14). The highest BCUT2D eigenvalue weighted by Crippen LogP contribution is 2.43. The van der Waals surface area contributed by atoms with Crippen molar-refractivity contribution < 1.29 is 4.79 Å². The number of carbonyl (C=O) groups excluding carboxylic acids is 1. The molecule has 2 atom stereocenters. The average molecular weight is 223 g/mol. The summed E-state index contributed by atoms with van der Waals surface area (Å²) in [6, 6.07) is 4.59. The molecule has 1 saturated carbocycles. The Morgan fingerprint density at radius 2 is 2.27 bits per heavy atom. The van der Waals surface area contributed by atoms with Gasteiger partial charge in [-0.15, -0.1) is 11.3 Å². The highest BCUT2D eigenvalue weighted by molar-refractivity contribution is 7.10. The van der Waals surface area contributed by atoms with Gasteiger partial charge < -0.3 is 5.32 Å². The molecule has 1 aliphatic carbocycles. The van der Waals surface area contributed by atoms with Gasteiger partial charge in [-0.25, -0.2) is 0 Å². The summed E-state index contributed by atoms with van der Waals surface area (Å²) < 4.78 is 0. The molecule has 1 aromatic heterocycles. The van der Waals surface area contributed by atoms with Crippen LogP contribution < -0.4 is 5.32 Å². The molecule has 0 radical (unpaired) electrons. The van der Waals surface area contributed by atoms with E-state index in [1.807, 2.05) is 20.8 Å². The zero-order valence-electron chi connectivity index (χ0n) is 9.41. The smallest absolute Gasteiger partial charge is 0.225 e. The highest BCUT2D eigenvalue weighted by atomic mass is 32.1. The summed E-state index contributed by atoms with van der Waals surface area (Å²) in [7, 11) is 0. The van der Waals surface area contributed by atoms with E-state index in [4.69, 9.17) is 0 Å². The van der Waals surface area contributed by atoms with E-state index >= 15 is 0 Å². The molecule has 82 valence electrons. The molecule has 1 N–H and O–H groups in total.